The Hall–Kier alpha value is -3.40. The lowest BCUT2D eigenvalue weighted by Gasteiger charge is -2.48. The van der Waals surface area contributed by atoms with Crippen molar-refractivity contribution in [2.75, 3.05) is 12.4 Å². The molecule has 1 unspecified atom stereocenters. The van der Waals surface area contributed by atoms with Crippen molar-refractivity contribution in [2.24, 2.45) is 0 Å². The Morgan fingerprint density at radius 2 is 1.88 bits per heavy atom. The molecule has 1 aliphatic heterocycles. The van der Waals surface area contributed by atoms with E-state index in [1.165, 1.54) is 19.6 Å². The molecule has 10 heteroatoms. The van der Waals surface area contributed by atoms with E-state index in [1.54, 1.807) is 24.3 Å². The summed E-state index contributed by atoms with van der Waals surface area (Å²) in [6.45, 7) is 7.78. The number of piperidine rings is 1. The zero-order valence-electron chi connectivity index (χ0n) is 19.3. The minimum absolute atomic E-state index is 0.00700. The smallest absolute Gasteiger partial charge is 0.243 e. The van der Waals surface area contributed by atoms with Gasteiger partial charge in [0.25, 0.3) is 0 Å². The molecule has 0 saturated carbocycles. The van der Waals surface area contributed by atoms with Crippen molar-refractivity contribution in [3.8, 4) is 34.1 Å². The molecule has 1 fully saturated rings. The Kier molecular flexibility index (Phi) is 5.87. The first kappa shape index (κ1) is 22.8. The van der Waals surface area contributed by atoms with Crippen LogP contribution in [0.2, 0.25) is 0 Å². The molecule has 1 aromatic carbocycles. The number of phenols is 1. The van der Waals surface area contributed by atoms with Crippen LogP contribution in [0.5, 0.6) is 11.6 Å². The molecule has 0 spiro atoms. The molecule has 3 heterocycles. The van der Waals surface area contributed by atoms with E-state index in [0.29, 0.717) is 34.8 Å². The average Bonchev–Trinajstić information content (AvgIpc) is 2.77. The van der Waals surface area contributed by atoms with Gasteiger partial charge in [-0.1, -0.05) is 6.07 Å². The number of ether oxygens (including phenoxy) is 1. The maximum absolute atomic E-state index is 15.0. The van der Waals surface area contributed by atoms with Crippen LogP contribution < -0.4 is 15.4 Å². The topological polar surface area (TPSA) is 118 Å². The van der Waals surface area contributed by atoms with Gasteiger partial charge in [0.1, 0.15) is 23.9 Å². The lowest BCUT2D eigenvalue weighted by atomic mass is 9.78. The highest BCUT2D eigenvalue weighted by Gasteiger charge is 2.46. The zero-order chi connectivity index (χ0) is 23.8. The Labute approximate surface area is 191 Å². The normalized spacial score (nSPS) is 21.4. The highest BCUT2D eigenvalue weighted by molar-refractivity contribution is 5.72. The van der Waals surface area contributed by atoms with Crippen molar-refractivity contribution < 1.29 is 14.2 Å². The number of benzene rings is 1. The van der Waals surface area contributed by atoms with Gasteiger partial charge in [-0.15, -0.1) is 10.2 Å². The summed E-state index contributed by atoms with van der Waals surface area (Å²) in [5, 5.41) is 25.3. The number of nitrogens with zero attached hydrogens (tertiary/aromatic N) is 5. The van der Waals surface area contributed by atoms with Gasteiger partial charge in [-0.05, 0) is 46.2 Å². The van der Waals surface area contributed by atoms with Crippen LogP contribution in [0.1, 0.15) is 34.1 Å². The zero-order valence-corrected chi connectivity index (χ0v) is 19.3. The minimum Gasteiger partial charge on any atom is -0.507 e. The predicted octanol–water partition coefficient (Wildman–Crippen LogP) is 3.38. The second kappa shape index (κ2) is 8.51. The molecule has 4 rings (SSSR count). The van der Waals surface area contributed by atoms with Crippen LogP contribution >= 0.6 is 0 Å². The van der Waals surface area contributed by atoms with Gasteiger partial charge < -0.3 is 20.5 Å². The first-order valence-corrected chi connectivity index (χ1v) is 10.7. The monoisotopic (exact) mass is 453 g/mol. The van der Waals surface area contributed by atoms with Crippen LogP contribution in [0.25, 0.3) is 22.5 Å². The summed E-state index contributed by atoms with van der Waals surface area (Å²) < 4.78 is 20.1. The van der Waals surface area contributed by atoms with E-state index in [0.717, 1.165) is 0 Å². The molecule has 0 bridgehead atoms. The first-order chi connectivity index (χ1) is 15.6. The fraction of sp³-hybridized carbons (Fsp3) is 0.435. The molecule has 1 aliphatic rings. The third kappa shape index (κ3) is 4.85. The molecule has 0 aliphatic carbocycles. The Balaban J connectivity index is 1.52. The van der Waals surface area contributed by atoms with Crippen LogP contribution in [-0.4, -0.2) is 60.7 Å². The molecule has 2 aromatic heterocycles. The van der Waals surface area contributed by atoms with Gasteiger partial charge in [0.2, 0.25) is 11.8 Å². The Morgan fingerprint density at radius 3 is 2.55 bits per heavy atom. The van der Waals surface area contributed by atoms with E-state index in [1.807, 2.05) is 27.7 Å². The summed E-state index contributed by atoms with van der Waals surface area (Å²) in [5.41, 5.74) is 1.25. The molecule has 3 aromatic rings. The van der Waals surface area contributed by atoms with Crippen LogP contribution in [0.4, 0.5) is 10.3 Å². The number of methoxy groups -OCH3 is 1. The summed E-state index contributed by atoms with van der Waals surface area (Å²) in [7, 11) is 1.53. The summed E-state index contributed by atoms with van der Waals surface area (Å²) >= 11 is 0. The van der Waals surface area contributed by atoms with Gasteiger partial charge in [-0.2, -0.15) is 0 Å². The Bertz CT molecular complexity index is 1140. The summed E-state index contributed by atoms with van der Waals surface area (Å²) in [6, 6.07) is 6.32. The molecule has 174 valence electrons. The molecule has 3 N–H and O–H groups in total. The molecule has 33 heavy (non-hydrogen) atoms. The second-order valence-electron chi connectivity index (χ2n) is 9.43. The highest BCUT2D eigenvalue weighted by Crippen LogP contribution is 2.34. The average molecular weight is 454 g/mol. The third-order valence-corrected chi connectivity index (χ3v) is 5.73. The van der Waals surface area contributed by atoms with Crippen LogP contribution in [0.3, 0.4) is 0 Å². The van der Waals surface area contributed by atoms with E-state index < -0.39 is 17.8 Å². The number of hydrogen-bond donors (Lipinski definition) is 3. The standard InChI is InChI=1S/C23H28FN7O2/c1-22(2)10-16(20(24)23(3,4)31-22)28-21-25-11-17(29-30-21)14-7-6-13(8-18(14)32)15-9-19(33-5)27-12-26-15/h6-9,11-12,16,20,31-32H,10H2,1-5H3,(H,25,28,30)/t16?,20-/m0/s1. The number of anilines is 1. The molecule has 0 amide bonds. The molecule has 9 nitrogen and oxygen atoms in total. The highest BCUT2D eigenvalue weighted by atomic mass is 19.1. The number of aromatic nitrogens is 5. The summed E-state index contributed by atoms with van der Waals surface area (Å²) in [4.78, 5) is 12.5. The number of halogens is 1. The fourth-order valence-corrected chi connectivity index (χ4v) is 4.42. The van der Waals surface area contributed by atoms with Crippen molar-refractivity contribution in [2.45, 2.75) is 57.4 Å². The number of hydrogen-bond acceptors (Lipinski definition) is 9. The van der Waals surface area contributed by atoms with Crippen LogP contribution in [0, 0.1) is 0 Å². The lowest BCUT2D eigenvalue weighted by molar-refractivity contribution is 0.0654. The van der Waals surface area contributed by atoms with Gasteiger partial charge >= 0.3 is 0 Å². The largest absolute Gasteiger partial charge is 0.507 e. The molecular weight excluding hydrogens is 425 g/mol. The fourth-order valence-electron chi connectivity index (χ4n) is 4.42. The van der Waals surface area contributed by atoms with E-state index in [9.17, 15) is 5.11 Å². The van der Waals surface area contributed by atoms with Gasteiger partial charge in [0, 0.05) is 28.3 Å². The van der Waals surface area contributed by atoms with E-state index in [4.69, 9.17) is 4.74 Å². The van der Waals surface area contributed by atoms with Gasteiger partial charge in [-0.3, -0.25) is 0 Å². The van der Waals surface area contributed by atoms with Gasteiger partial charge in [0.05, 0.1) is 25.0 Å². The predicted molar refractivity (Wildman–Crippen MR) is 123 cm³/mol. The van der Waals surface area contributed by atoms with Crippen molar-refractivity contribution in [3.63, 3.8) is 0 Å². The van der Waals surface area contributed by atoms with Crippen molar-refractivity contribution in [1.82, 2.24) is 30.5 Å². The van der Waals surface area contributed by atoms with E-state index in [-0.39, 0.29) is 17.2 Å². The van der Waals surface area contributed by atoms with Gasteiger partial charge in [-0.25, -0.2) is 19.3 Å². The van der Waals surface area contributed by atoms with Crippen molar-refractivity contribution in [1.29, 1.82) is 0 Å². The van der Waals surface area contributed by atoms with Crippen molar-refractivity contribution >= 4 is 5.95 Å². The quantitative estimate of drug-likeness (QED) is 0.534. The lowest BCUT2D eigenvalue weighted by Crippen LogP contribution is -2.67. The van der Waals surface area contributed by atoms with Gasteiger partial charge in [0.15, 0.2) is 0 Å². The molecule has 2 atom stereocenters. The maximum atomic E-state index is 15.0. The first-order valence-electron chi connectivity index (χ1n) is 10.7. The summed E-state index contributed by atoms with van der Waals surface area (Å²) in [5.74, 6) is 0.675. The van der Waals surface area contributed by atoms with Crippen LogP contribution in [-0.2, 0) is 0 Å². The number of nitrogens with one attached hydrogen (secondary N) is 2. The second-order valence-corrected chi connectivity index (χ2v) is 9.43. The minimum atomic E-state index is -1.13. The Morgan fingerprint density at radius 1 is 1.09 bits per heavy atom. The number of rotatable bonds is 5. The van der Waals surface area contributed by atoms with E-state index >= 15 is 4.39 Å². The van der Waals surface area contributed by atoms with E-state index in [2.05, 4.69) is 35.8 Å². The number of phenolic OH excluding ortho intramolecular Hbond substituents is 1. The number of aromatic hydroxyl groups is 1. The molecule has 0 radical (unpaired) electrons. The summed E-state index contributed by atoms with van der Waals surface area (Å²) in [6.07, 6.45) is 2.33. The molecule has 1 saturated heterocycles. The van der Waals surface area contributed by atoms with Crippen molar-refractivity contribution in [3.05, 3.63) is 36.8 Å². The molecular formula is C23H28FN7O2. The SMILES string of the molecule is COc1cc(-c2ccc(-c3cnc(NC4CC(C)(C)NC(C)(C)[C@H]4F)nn3)c(O)c2)ncn1. The number of alkyl halides is 1. The third-order valence-electron chi connectivity index (χ3n) is 5.73. The maximum Gasteiger partial charge on any atom is 0.243 e. The van der Waals surface area contributed by atoms with Crippen LogP contribution in [0.15, 0.2) is 36.8 Å².